The van der Waals surface area contributed by atoms with Gasteiger partial charge in [0.2, 0.25) is 6.29 Å². The average Bonchev–Trinajstić information content (AvgIpc) is 3.18. The number of aromatic hydroxyl groups is 1. The first-order chi connectivity index (χ1) is 15.4. The number of rotatable bonds is 4. The first kappa shape index (κ1) is 21.8. The SMILES string of the molecule is COC1C=CC2=CCN3CCc4cc(O)c(OC5OC(CO)C(O)C(O)C5O)cc4C23C1. The second-order valence-electron chi connectivity index (χ2n) is 8.85. The third-order valence-electron chi connectivity index (χ3n) is 7.21. The number of methoxy groups -OCH3 is 1. The maximum atomic E-state index is 10.7. The molecule has 32 heavy (non-hydrogen) atoms. The summed E-state index contributed by atoms with van der Waals surface area (Å²) in [6, 6.07) is 3.44. The molecule has 1 spiro atoms. The molecule has 5 rings (SSSR count). The van der Waals surface area contributed by atoms with E-state index in [4.69, 9.17) is 14.2 Å². The second-order valence-corrected chi connectivity index (χ2v) is 8.85. The molecule has 5 N–H and O–H groups in total. The zero-order chi connectivity index (χ0) is 22.6. The van der Waals surface area contributed by atoms with Gasteiger partial charge in [0.25, 0.3) is 0 Å². The van der Waals surface area contributed by atoms with E-state index in [1.807, 2.05) is 0 Å². The van der Waals surface area contributed by atoms with Crippen molar-refractivity contribution in [2.75, 3.05) is 26.8 Å². The number of aliphatic hydroxyl groups is 4. The average molecular weight is 447 g/mol. The molecule has 0 amide bonds. The van der Waals surface area contributed by atoms with Crippen LogP contribution in [-0.2, 0) is 21.4 Å². The summed E-state index contributed by atoms with van der Waals surface area (Å²) in [5, 5.41) is 50.5. The Morgan fingerprint density at radius 1 is 1.19 bits per heavy atom. The van der Waals surface area contributed by atoms with Crippen LogP contribution in [0.2, 0.25) is 0 Å². The van der Waals surface area contributed by atoms with Crippen molar-refractivity contribution in [1.29, 1.82) is 0 Å². The molecule has 7 atom stereocenters. The minimum atomic E-state index is -1.56. The number of phenols is 1. The summed E-state index contributed by atoms with van der Waals surface area (Å²) in [5.41, 5.74) is 2.79. The highest BCUT2D eigenvalue weighted by Gasteiger charge is 2.51. The van der Waals surface area contributed by atoms with Crippen LogP contribution in [0.15, 0.2) is 35.9 Å². The second kappa shape index (κ2) is 8.11. The van der Waals surface area contributed by atoms with E-state index < -0.39 is 42.9 Å². The van der Waals surface area contributed by atoms with Gasteiger partial charge in [-0.3, -0.25) is 4.90 Å². The Hall–Kier alpha value is -1.98. The largest absolute Gasteiger partial charge is 0.504 e. The van der Waals surface area contributed by atoms with E-state index >= 15 is 0 Å². The minimum absolute atomic E-state index is 0.0534. The van der Waals surface area contributed by atoms with Gasteiger partial charge in [0, 0.05) is 26.6 Å². The molecule has 4 aliphatic rings. The van der Waals surface area contributed by atoms with E-state index in [1.165, 1.54) is 5.57 Å². The number of fused-ring (bicyclic) bond motifs is 1. The summed E-state index contributed by atoms with van der Waals surface area (Å²) < 4.78 is 16.9. The monoisotopic (exact) mass is 447 g/mol. The molecule has 0 saturated carbocycles. The Kier molecular flexibility index (Phi) is 5.53. The number of aliphatic hydroxyl groups excluding tert-OH is 4. The van der Waals surface area contributed by atoms with Crippen molar-refractivity contribution >= 4 is 0 Å². The fourth-order valence-corrected chi connectivity index (χ4v) is 5.46. The molecule has 1 saturated heterocycles. The van der Waals surface area contributed by atoms with Gasteiger partial charge in [-0.15, -0.1) is 0 Å². The van der Waals surface area contributed by atoms with Crippen LogP contribution in [0.5, 0.6) is 11.5 Å². The standard InChI is InChI=1S/C23H29NO8/c1-30-14-3-2-13-5-7-24-6-4-12-8-16(26)17(9-15(12)23(13,24)10-14)31-22-21(29)20(28)19(27)18(11-25)32-22/h2-3,5,8-9,14,18-22,25-29H,4,6-7,10-11H2,1H3. The van der Waals surface area contributed by atoms with Crippen molar-refractivity contribution in [1.82, 2.24) is 4.90 Å². The Morgan fingerprint density at radius 3 is 2.75 bits per heavy atom. The molecule has 3 aliphatic heterocycles. The number of benzene rings is 1. The molecule has 3 heterocycles. The van der Waals surface area contributed by atoms with Crippen molar-refractivity contribution in [2.24, 2.45) is 0 Å². The lowest BCUT2D eigenvalue weighted by Crippen LogP contribution is -2.60. The van der Waals surface area contributed by atoms with Crippen LogP contribution >= 0.6 is 0 Å². The fourth-order valence-electron chi connectivity index (χ4n) is 5.46. The molecule has 9 nitrogen and oxygen atoms in total. The van der Waals surface area contributed by atoms with Crippen LogP contribution in [0.1, 0.15) is 17.5 Å². The predicted octanol–water partition coefficient (Wildman–Crippen LogP) is -0.461. The molecular formula is C23H29NO8. The molecular weight excluding hydrogens is 418 g/mol. The molecule has 9 heteroatoms. The van der Waals surface area contributed by atoms with Crippen molar-refractivity contribution in [3.63, 3.8) is 0 Å². The van der Waals surface area contributed by atoms with Crippen molar-refractivity contribution < 1.29 is 39.7 Å². The summed E-state index contributed by atoms with van der Waals surface area (Å²) in [7, 11) is 1.69. The molecule has 1 aromatic carbocycles. The maximum Gasteiger partial charge on any atom is 0.229 e. The predicted molar refractivity (Wildman–Crippen MR) is 112 cm³/mol. The highest BCUT2D eigenvalue weighted by atomic mass is 16.7. The lowest BCUT2D eigenvalue weighted by molar-refractivity contribution is -0.277. The first-order valence-electron chi connectivity index (χ1n) is 10.9. The van der Waals surface area contributed by atoms with Gasteiger partial charge < -0.3 is 39.7 Å². The van der Waals surface area contributed by atoms with E-state index in [1.54, 1.807) is 19.2 Å². The third kappa shape index (κ3) is 3.19. The summed E-state index contributed by atoms with van der Waals surface area (Å²) in [4.78, 5) is 2.40. The summed E-state index contributed by atoms with van der Waals surface area (Å²) >= 11 is 0. The highest BCUT2D eigenvalue weighted by Crippen LogP contribution is 2.52. The van der Waals surface area contributed by atoms with Crippen LogP contribution in [0, 0.1) is 0 Å². The molecule has 174 valence electrons. The number of nitrogens with zero attached hydrogens (tertiary/aromatic N) is 1. The summed E-state index contributed by atoms with van der Waals surface area (Å²) in [5.74, 6) is -0.0113. The van der Waals surface area contributed by atoms with E-state index in [9.17, 15) is 25.5 Å². The van der Waals surface area contributed by atoms with Crippen molar-refractivity contribution in [3.05, 3.63) is 47.1 Å². The Balaban J connectivity index is 1.52. The molecule has 7 unspecified atom stereocenters. The molecule has 1 aromatic rings. The Labute approximate surface area is 185 Å². The minimum Gasteiger partial charge on any atom is -0.504 e. The van der Waals surface area contributed by atoms with E-state index in [0.29, 0.717) is 0 Å². The topological polar surface area (TPSA) is 132 Å². The summed E-state index contributed by atoms with van der Waals surface area (Å²) in [6.07, 6.45) is 0.737. The van der Waals surface area contributed by atoms with Crippen LogP contribution < -0.4 is 4.74 Å². The van der Waals surface area contributed by atoms with Crippen LogP contribution in [0.4, 0.5) is 0 Å². The highest BCUT2D eigenvalue weighted by molar-refractivity contribution is 5.57. The van der Waals surface area contributed by atoms with Crippen LogP contribution in [-0.4, -0.2) is 94.0 Å². The molecule has 0 bridgehead atoms. The normalized spacial score (nSPS) is 38.6. The van der Waals surface area contributed by atoms with Gasteiger partial charge >= 0.3 is 0 Å². The van der Waals surface area contributed by atoms with E-state index in [2.05, 4.69) is 23.1 Å². The summed E-state index contributed by atoms with van der Waals surface area (Å²) in [6.45, 7) is 1.11. The van der Waals surface area contributed by atoms with Gasteiger partial charge in [0.15, 0.2) is 11.5 Å². The number of ether oxygens (including phenoxy) is 3. The smallest absolute Gasteiger partial charge is 0.229 e. The van der Waals surface area contributed by atoms with Crippen LogP contribution in [0.25, 0.3) is 0 Å². The third-order valence-corrected chi connectivity index (χ3v) is 7.21. The molecule has 0 radical (unpaired) electrons. The Morgan fingerprint density at radius 2 is 2.00 bits per heavy atom. The van der Waals surface area contributed by atoms with Gasteiger partial charge in [-0.05, 0) is 35.3 Å². The first-order valence-corrected chi connectivity index (χ1v) is 10.9. The Bertz CT molecular complexity index is 946. The number of hydrogen-bond donors (Lipinski definition) is 5. The lowest BCUT2D eigenvalue weighted by Gasteiger charge is -2.48. The zero-order valence-electron chi connectivity index (χ0n) is 17.8. The van der Waals surface area contributed by atoms with E-state index in [-0.39, 0.29) is 17.6 Å². The van der Waals surface area contributed by atoms with Gasteiger partial charge in [-0.1, -0.05) is 18.2 Å². The molecule has 0 aromatic heterocycles. The van der Waals surface area contributed by atoms with Gasteiger partial charge in [0.05, 0.1) is 18.2 Å². The van der Waals surface area contributed by atoms with E-state index in [0.717, 1.165) is 37.1 Å². The van der Waals surface area contributed by atoms with Gasteiger partial charge in [0.1, 0.15) is 24.4 Å². The lowest BCUT2D eigenvalue weighted by atomic mass is 9.71. The number of phenolic OH excluding ortho intramolecular Hbond substituents is 1. The van der Waals surface area contributed by atoms with Crippen molar-refractivity contribution in [3.8, 4) is 11.5 Å². The van der Waals surface area contributed by atoms with Crippen molar-refractivity contribution in [2.45, 2.75) is 55.2 Å². The van der Waals surface area contributed by atoms with Crippen LogP contribution in [0.3, 0.4) is 0 Å². The maximum absolute atomic E-state index is 10.7. The molecule has 1 aliphatic carbocycles. The number of hydrogen-bond acceptors (Lipinski definition) is 9. The van der Waals surface area contributed by atoms with Gasteiger partial charge in [-0.2, -0.15) is 0 Å². The van der Waals surface area contributed by atoms with Gasteiger partial charge in [-0.25, -0.2) is 0 Å². The fraction of sp³-hybridized carbons (Fsp3) is 0.565. The molecule has 1 fully saturated rings. The quantitative estimate of drug-likeness (QED) is 0.416. The zero-order valence-corrected chi connectivity index (χ0v) is 17.8.